The fourth-order valence-corrected chi connectivity index (χ4v) is 3.33. The first-order valence-corrected chi connectivity index (χ1v) is 8.51. The SMILES string of the molecule is O=C(c1nc2ccccc2[nH]c1=O)N1CCC(O)(Cn2ccnc2)CC1. The van der Waals surface area contributed by atoms with Gasteiger partial charge in [0, 0.05) is 25.5 Å². The number of aliphatic hydroxyl groups is 1. The summed E-state index contributed by atoms with van der Waals surface area (Å²) in [5.41, 5.74) is -0.316. The zero-order valence-electron chi connectivity index (χ0n) is 14.1. The average Bonchev–Trinajstić information content (AvgIpc) is 3.13. The van der Waals surface area contributed by atoms with Crippen LogP contribution < -0.4 is 5.56 Å². The number of H-pyrrole nitrogens is 1. The molecule has 8 heteroatoms. The molecule has 0 aliphatic carbocycles. The molecule has 1 aromatic carbocycles. The Labute approximate surface area is 149 Å². The molecule has 0 bridgehead atoms. The van der Waals surface area contributed by atoms with Gasteiger partial charge in [-0.05, 0) is 25.0 Å². The second kappa shape index (κ2) is 6.38. The maximum Gasteiger partial charge on any atom is 0.280 e. The minimum Gasteiger partial charge on any atom is -0.388 e. The third-order valence-corrected chi connectivity index (χ3v) is 4.82. The van der Waals surface area contributed by atoms with Crippen LogP contribution in [0.5, 0.6) is 0 Å². The maximum atomic E-state index is 12.7. The van der Waals surface area contributed by atoms with E-state index in [-0.39, 0.29) is 5.69 Å². The first kappa shape index (κ1) is 16.5. The van der Waals surface area contributed by atoms with Gasteiger partial charge in [-0.2, -0.15) is 0 Å². The minimum atomic E-state index is -0.888. The second-order valence-electron chi connectivity index (χ2n) is 6.68. The number of likely N-dealkylation sites (tertiary alicyclic amines) is 1. The van der Waals surface area contributed by atoms with E-state index >= 15 is 0 Å². The monoisotopic (exact) mass is 353 g/mol. The molecule has 1 aliphatic heterocycles. The Balaban J connectivity index is 1.50. The molecule has 0 atom stereocenters. The van der Waals surface area contributed by atoms with Crippen molar-refractivity contribution in [3.05, 3.63) is 59.0 Å². The van der Waals surface area contributed by atoms with Gasteiger partial charge in [-0.25, -0.2) is 9.97 Å². The van der Waals surface area contributed by atoms with Crippen LogP contribution in [0, 0.1) is 0 Å². The number of para-hydroxylation sites is 2. The topological polar surface area (TPSA) is 104 Å². The number of fused-ring (bicyclic) bond motifs is 1. The van der Waals surface area contributed by atoms with Crippen molar-refractivity contribution in [2.45, 2.75) is 25.0 Å². The molecule has 1 amide bonds. The van der Waals surface area contributed by atoms with E-state index in [1.807, 2.05) is 4.57 Å². The van der Waals surface area contributed by atoms with Crippen LogP contribution in [0.2, 0.25) is 0 Å². The summed E-state index contributed by atoms with van der Waals surface area (Å²) in [6.45, 7) is 1.18. The van der Waals surface area contributed by atoms with Gasteiger partial charge in [0.15, 0.2) is 5.69 Å². The number of nitrogens with one attached hydrogen (secondary N) is 1. The van der Waals surface area contributed by atoms with Gasteiger partial charge in [0.05, 0.1) is 29.5 Å². The smallest absolute Gasteiger partial charge is 0.280 e. The molecule has 1 fully saturated rings. The molecule has 0 saturated carbocycles. The van der Waals surface area contributed by atoms with Crippen LogP contribution in [-0.2, 0) is 6.54 Å². The van der Waals surface area contributed by atoms with E-state index in [1.165, 1.54) is 0 Å². The summed E-state index contributed by atoms with van der Waals surface area (Å²) in [4.78, 5) is 37.5. The summed E-state index contributed by atoms with van der Waals surface area (Å²) in [7, 11) is 0. The Morgan fingerprint density at radius 3 is 2.77 bits per heavy atom. The lowest BCUT2D eigenvalue weighted by Gasteiger charge is -2.38. The van der Waals surface area contributed by atoms with Gasteiger partial charge in [-0.1, -0.05) is 12.1 Å². The molecule has 8 nitrogen and oxygen atoms in total. The van der Waals surface area contributed by atoms with Crippen LogP contribution in [-0.4, -0.2) is 54.1 Å². The van der Waals surface area contributed by atoms with E-state index in [4.69, 9.17) is 0 Å². The van der Waals surface area contributed by atoms with Crippen molar-refractivity contribution in [2.24, 2.45) is 0 Å². The van der Waals surface area contributed by atoms with Crippen LogP contribution in [0.1, 0.15) is 23.3 Å². The van der Waals surface area contributed by atoms with Gasteiger partial charge >= 0.3 is 0 Å². The number of aromatic amines is 1. The standard InChI is InChI=1S/C18H19N5O3/c24-16-15(20-13-3-1-2-4-14(13)21-16)17(25)23-8-5-18(26,6-9-23)11-22-10-7-19-12-22/h1-4,7,10,12,26H,5-6,8-9,11H2,(H,21,24). The highest BCUT2D eigenvalue weighted by molar-refractivity contribution is 5.93. The number of carbonyl (C=O) groups excluding carboxylic acids is 1. The summed E-state index contributed by atoms with van der Waals surface area (Å²) in [6, 6.07) is 7.10. The number of imidazole rings is 1. The van der Waals surface area contributed by atoms with Crippen LogP contribution in [0.25, 0.3) is 11.0 Å². The fourth-order valence-electron chi connectivity index (χ4n) is 3.33. The Kier molecular flexibility index (Phi) is 4.04. The Morgan fingerprint density at radius 2 is 2.04 bits per heavy atom. The predicted octanol–water partition coefficient (Wildman–Crippen LogP) is 0.787. The number of amides is 1. The molecule has 1 saturated heterocycles. The number of benzene rings is 1. The van der Waals surface area contributed by atoms with Crippen molar-refractivity contribution < 1.29 is 9.90 Å². The highest BCUT2D eigenvalue weighted by Crippen LogP contribution is 2.24. The van der Waals surface area contributed by atoms with Crippen LogP contribution in [0.4, 0.5) is 0 Å². The largest absolute Gasteiger partial charge is 0.388 e. The highest BCUT2D eigenvalue weighted by atomic mass is 16.3. The Bertz CT molecular complexity index is 987. The maximum absolute atomic E-state index is 12.7. The molecule has 134 valence electrons. The number of hydrogen-bond acceptors (Lipinski definition) is 5. The van der Waals surface area contributed by atoms with Crippen molar-refractivity contribution in [1.29, 1.82) is 0 Å². The number of rotatable bonds is 3. The Hall–Kier alpha value is -3.00. The number of hydrogen-bond donors (Lipinski definition) is 2. The van der Waals surface area contributed by atoms with Crippen molar-refractivity contribution >= 4 is 16.9 Å². The number of piperidine rings is 1. The molecule has 3 heterocycles. The van der Waals surface area contributed by atoms with E-state index in [2.05, 4.69) is 15.0 Å². The molecule has 2 N–H and O–H groups in total. The zero-order valence-corrected chi connectivity index (χ0v) is 14.1. The van der Waals surface area contributed by atoms with E-state index in [9.17, 15) is 14.7 Å². The van der Waals surface area contributed by atoms with Gasteiger partial charge in [0.1, 0.15) is 0 Å². The van der Waals surface area contributed by atoms with Crippen LogP contribution in [0.15, 0.2) is 47.8 Å². The summed E-state index contributed by atoms with van der Waals surface area (Å²) < 4.78 is 1.83. The van der Waals surface area contributed by atoms with Gasteiger partial charge in [0.25, 0.3) is 11.5 Å². The molecule has 4 rings (SSSR count). The third kappa shape index (κ3) is 3.11. The third-order valence-electron chi connectivity index (χ3n) is 4.82. The Morgan fingerprint density at radius 1 is 1.27 bits per heavy atom. The molecule has 26 heavy (non-hydrogen) atoms. The van der Waals surface area contributed by atoms with Crippen molar-refractivity contribution in [3.8, 4) is 0 Å². The van der Waals surface area contributed by atoms with Crippen molar-refractivity contribution in [2.75, 3.05) is 13.1 Å². The number of aromatic nitrogens is 4. The molecular weight excluding hydrogens is 334 g/mol. The van der Waals surface area contributed by atoms with Gasteiger partial charge in [-0.15, -0.1) is 0 Å². The average molecular weight is 353 g/mol. The minimum absolute atomic E-state index is 0.108. The molecular formula is C18H19N5O3. The van der Waals surface area contributed by atoms with Crippen molar-refractivity contribution in [1.82, 2.24) is 24.4 Å². The van der Waals surface area contributed by atoms with E-state index < -0.39 is 17.1 Å². The molecule has 2 aromatic heterocycles. The summed E-state index contributed by atoms with van der Waals surface area (Å²) >= 11 is 0. The summed E-state index contributed by atoms with van der Waals surface area (Å²) in [5.74, 6) is -0.401. The summed E-state index contributed by atoms with van der Waals surface area (Å²) in [5, 5.41) is 10.7. The number of nitrogens with zero attached hydrogens (tertiary/aromatic N) is 4. The van der Waals surface area contributed by atoms with Crippen LogP contribution in [0.3, 0.4) is 0 Å². The van der Waals surface area contributed by atoms with Gasteiger partial charge in [-0.3, -0.25) is 9.59 Å². The lowest BCUT2D eigenvalue weighted by Crippen LogP contribution is -2.49. The normalized spacial score (nSPS) is 16.7. The lowest BCUT2D eigenvalue weighted by atomic mass is 9.91. The van der Waals surface area contributed by atoms with Gasteiger partial charge < -0.3 is 19.6 Å². The van der Waals surface area contributed by atoms with E-state index in [0.717, 1.165) is 0 Å². The predicted molar refractivity (Wildman–Crippen MR) is 94.7 cm³/mol. The first-order chi connectivity index (χ1) is 12.5. The van der Waals surface area contributed by atoms with Gasteiger partial charge in [0.2, 0.25) is 0 Å². The summed E-state index contributed by atoms with van der Waals surface area (Å²) in [6.07, 6.45) is 5.99. The van der Waals surface area contributed by atoms with Crippen LogP contribution >= 0.6 is 0 Å². The molecule has 0 spiro atoms. The molecule has 0 unspecified atom stereocenters. The first-order valence-electron chi connectivity index (χ1n) is 8.51. The molecule has 0 radical (unpaired) electrons. The van der Waals surface area contributed by atoms with E-state index in [0.29, 0.717) is 43.5 Å². The fraction of sp³-hybridized carbons (Fsp3) is 0.333. The molecule has 3 aromatic rings. The molecule has 1 aliphatic rings. The quantitative estimate of drug-likeness (QED) is 0.724. The number of carbonyl (C=O) groups is 1. The van der Waals surface area contributed by atoms with Crippen molar-refractivity contribution in [3.63, 3.8) is 0 Å². The zero-order chi connectivity index (χ0) is 18.1. The van der Waals surface area contributed by atoms with E-state index in [1.54, 1.807) is 47.9 Å². The highest BCUT2D eigenvalue weighted by Gasteiger charge is 2.35. The lowest BCUT2D eigenvalue weighted by molar-refractivity contribution is -0.0293. The second-order valence-corrected chi connectivity index (χ2v) is 6.68.